The lowest BCUT2D eigenvalue weighted by Crippen LogP contribution is -2.41. The largest absolute Gasteiger partial charge is 0.480 e. The molecule has 120 valence electrons. The Bertz CT molecular complexity index is 353. The van der Waals surface area contributed by atoms with Crippen LogP contribution in [0.3, 0.4) is 0 Å². The molecule has 0 aromatic rings. The molecule has 0 radical (unpaired) electrons. The fourth-order valence-corrected chi connectivity index (χ4v) is 3.75. The van der Waals surface area contributed by atoms with E-state index in [2.05, 4.69) is 10.2 Å². The topological polar surface area (TPSA) is 69.6 Å². The normalized spacial score (nSPS) is 24.1. The van der Waals surface area contributed by atoms with Crippen molar-refractivity contribution in [2.75, 3.05) is 19.6 Å². The fraction of sp³-hybridized carbons (Fsp3) is 0.875. The molecule has 1 aliphatic carbocycles. The van der Waals surface area contributed by atoms with Crippen molar-refractivity contribution in [1.29, 1.82) is 0 Å². The number of carbonyl (C=O) groups excluding carboxylic acids is 1. The first-order chi connectivity index (χ1) is 10.1. The number of nitrogens with one attached hydrogen (secondary N) is 1. The van der Waals surface area contributed by atoms with Gasteiger partial charge in [-0.1, -0.05) is 32.1 Å². The van der Waals surface area contributed by atoms with E-state index in [1.54, 1.807) is 0 Å². The highest BCUT2D eigenvalue weighted by Crippen LogP contribution is 2.30. The van der Waals surface area contributed by atoms with Crippen molar-refractivity contribution in [1.82, 2.24) is 10.2 Å². The Labute approximate surface area is 127 Å². The summed E-state index contributed by atoms with van der Waals surface area (Å²) in [5.74, 6) is -0.261. The molecule has 0 aromatic carbocycles. The molecular weight excluding hydrogens is 268 g/mol. The summed E-state index contributed by atoms with van der Waals surface area (Å²) in [5, 5.41) is 11.0. The van der Waals surface area contributed by atoms with Gasteiger partial charge in [-0.05, 0) is 38.1 Å². The van der Waals surface area contributed by atoms with E-state index in [-0.39, 0.29) is 12.5 Å². The molecule has 2 fully saturated rings. The monoisotopic (exact) mass is 296 g/mol. The molecule has 2 rings (SSSR count). The molecule has 5 heteroatoms. The summed E-state index contributed by atoms with van der Waals surface area (Å²) in [5.41, 5.74) is 0. The van der Waals surface area contributed by atoms with Gasteiger partial charge in [0.15, 0.2) is 0 Å². The second kappa shape index (κ2) is 8.37. The summed E-state index contributed by atoms with van der Waals surface area (Å²) < 4.78 is 0. The number of likely N-dealkylation sites (tertiary alicyclic amines) is 1. The van der Waals surface area contributed by atoms with Crippen molar-refractivity contribution in [2.24, 2.45) is 5.92 Å². The number of aliphatic carboxylic acids is 1. The van der Waals surface area contributed by atoms with Crippen LogP contribution >= 0.6 is 0 Å². The number of carboxylic acids is 1. The minimum atomic E-state index is -0.987. The maximum Gasteiger partial charge on any atom is 0.322 e. The molecule has 1 amide bonds. The Balaban J connectivity index is 1.69. The molecule has 1 heterocycles. The Morgan fingerprint density at radius 2 is 1.81 bits per heavy atom. The number of hydrogen-bond donors (Lipinski definition) is 2. The summed E-state index contributed by atoms with van der Waals surface area (Å²) in [4.78, 5) is 24.4. The zero-order chi connectivity index (χ0) is 15.1. The lowest BCUT2D eigenvalue weighted by molar-refractivity contribution is -0.138. The molecule has 1 unspecified atom stereocenters. The third-order valence-corrected chi connectivity index (χ3v) is 4.92. The van der Waals surface area contributed by atoms with Crippen LogP contribution in [0.2, 0.25) is 0 Å². The second-order valence-electron chi connectivity index (χ2n) is 6.52. The Morgan fingerprint density at radius 1 is 1.05 bits per heavy atom. The summed E-state index contributed by atoms with van der Waals surface area (Å²) >= 11 is 0. The predicted octanol–water partition coefficient (Wildman–Crippen LogP) is 2.01. The molecule has 0 spiro atoms. The SMILES string of the molecule is O=C(O)CNC(=O)CN1CCCC1CCC1CCCCC1. The van der Waals surface area contributed by atoms with E-state index in [1.807, 2.05) is 0 Å². The maximum atomic E-state index is 11.7. The number of nitrogens with zero attached hydrogens (tertiary/aromatic N) is 1. The first-order valence-electron chi connectivity index (χ1n) is 8.37. The summed E-state index contributed by atoms with van der Waals surface area (Å²) in [6, 6.07) is 0.516. The average Bonchev–Trinajstić information content (AvgIpc) is 2.91. The summed E-state index contributed by atoms with van der Waals surface area (Å²) in [6.07, 6.45) is 11.7. The zero-order valence-corrected chi connectivity index (χ0v) is 12.9. The van der Waals surface area contributed by atoms with Crippen molar-refractivity contribution in [3.05, 3.63) is 0 Å². The Kier molecular flexibility index (Phi) is 6.49. The molecule has 1 atom stereocenters. The maximum absolute atomic E-state index is 11.7. The first kappa shape index (κ1) is 16.3. The van der Waals surface area contributed by atoms with Gasteiger partial charge in [-0.15, -0.1) is 0 Å². The van der Waals surface area contributed by atoms with E-state index in [0.29, 0.717) is 12.6 Å². The van der Waals surface area contributed by atoms with Crippen LogP contribution in [0.5, 0.6) is 0 Å². The lowest BCUT2D eigenvalue weighted by atomic mass is 9.85. The van der Waals surface area contributed by atoms with Crippen LogP contribution in [0.4, 0.5) is 0 Å². The zero-order valence-electron chi connectivity index (χ0n) is 12.9. The molecular formula is C16H28N2O3. The summed E-state index contributed by atoms with van der Waals surface area (Å²) in [7, 11) is 0. The molecule has 0 bridgehead atoms. The molecule has 1 saturated carbocycles. The Hall–Kier alpha value is -1.10. The highest BCUT2D eigenvalue weighted by molar-refractivity contribution is 5.82. The van der Waals surface area contributed by atoms with Crippen molar-refractivity contribution in [2.45, 2.75) is 63.8 Å². The van der Waals surface area contributed by atoms with E-state index in [0.717, 1.165) is 18.9 Å². The minimum Gasteiger partial charge on any atom is -0.480 e. The fourth-order valence-electron chi connectivity index (χ4n) is 3.75. The van der Waals surface area contributed by atoms with E-state index in [4.69, 9.17) is 5.11 Å². The van der Waals surface area contributed by atoms with Crippen LogP contribution in [-0.4, -0.2) is 47.6 Å². The number of amides is 1. The van der Waals surface area contributed by atoms with Gasteiger partial charge in [-0.3, -0.25) is 14.5 Å². The second-order valence-corrected chi connectivity index (χ2v) is 6.52. The van der Waals surface area contributed by atoms with Gasteiger partial charge in [0.1, 0.15) is 6.54 Å². The predicted molar refractivity (Wildman–Crippen MR) is 81.0 cm³/mol. The van der Waals surface area contributed by atoms with E-state index >= 15 is 0 Å². The van der Waals surface area contributed by atoms with Crippen LogP contribution in [0.1, 0.15) is 57.8 Å². The highest BCUT2D eigenvalue weighted by Gasteiger charge is 2.27. The van der Waals surface area contributed by atoms with Gasteiger partial charge in [0.05, 0.1) is 6.54 Å². The number of carboxylic acid groups (broad SMARTS) is 1. The van der Waals surface area contributed by atoms with Crippen LogP contribution in [0, 0.1) is 5.92 Å². The van der Waals surface area contributed by atoms with Gasteiger partial charge >= 0.3 is 5.97 Å². The third kappa shape index (κ3) is 5.65. The van der Waals surface area contributed by atoms with Crippen LogP contribution in [0.15, 0.2) is 0 Å². The van der Waals surface area contributed by atoms with Gasteiger partial charge in [-0.2, -0.15) is 0 Å². The van der Waals surface area contributed by atoms with Gasteiger partial charge in [0.25, 0.3) is 0 Å². The van der Waals surface area contributed by atoms with Gasteiger partial charge in [0, 0.05) is 6.04 Å². The number of rotatable bonds is 7. The molecule has 0 aromatic heterocycles. The number of carbonyl (C=O) groups is 2. The Morgan fingerprint density at radius 3 is 2.52 bits per heavy atom. The molecule has 2 N–H and O–H groups in total. The standard InChI is InChI=1S/C16H28N2O3/c19-15(17-11-16(20)21)12-18-10-4-7-14(18)9-8-13-5-2-1-3-6-13/h13-14H,1-12H2,(H,17,19)(H,20,21). The molecule has 21 heavy (non-hydrogen) atoms. The molecule has 1 saturated heterocycles. The van der Waals surface area contributed by atoms with Gasteiger partial charge in [-0.25, -0.2) is 0 Å². The van der Waals surface area contributed by atoms with Gasteiger partial charge < -0.3 is 10.4 Å². The van der Waals surface area contributed by atoms with Crippen molar-refractivity contribution < 1.29 is 14.7 Å². The minimum absolute atomic E-state index is 0.165. The lowest BCUT2D eigenvalue weighted by Gasteiger charge is -2.27. The smallest absolute Gasteiger partial charge is 0.322 e. The molecule has 1 aliphatic heterocycles. The van der Waals surface area contributed by atoms with E-state index in [1.165, 1.54) is 51.4 Å². The van der Waals surface area contributed by atoms with Crippen LogP contribution in [-0.2, 0) is 9.59 Å². The van der Waals surface area contributed by atoms with Crippen LogP contribution < -0.4 is 5.32 Å². The quantitative estimate of drug-likeness (QED) is 0.754. The van der Waals surface area contributed by atoms with Crippen molar-refractivity contribution >= 4 is 11.9 Å². The number of hydrogen-bond acceptors (Lipinski definition) is 3. The van der Waals surface area contributed by atoms with E-state index < -0.39 is 5.97 Å². The molecule has 5 nitrogen and oxygen atoms in total. The average molecular weight is 296 g/mol. The van der Waals surface area contributed by atoms with Crippen molar-refractivity contribution in [3.63, 3.8) is 0 Å². The highest BCUT2D eigenvalue weighted by atomic mass is 16.4. The van der Waals surface area contributed by atoms with Crippen molar-refractivity contribution in [3.8, 4) is 0 Å². The third-order valence-electron chi connectivity index (χ3n) is 4.92. The summed E-state index contributed by atoms with van der Waals surface area (Å²) in [6.45, 7) is 1.04. The van der Waals surface area contributed by atoms with E-state index in [9.17, 15) is 9.59 Å². The van der Waals surface area contributed by atoms with Gasteiger partial charge in [0.2, 0.25) is 5.91 Å². The molecule has 2 aliphatic rings. The van der Waals surface area contributed by atoms with Crippen LogP contribution in [0.25, 0.3) is 0 Å². The first-order valence-corrected chi connectivity index (χ1v) is 8.37.